The van der Waals surface area contributed by atoms with Crippen molar-refractivity contribution in [2.75, 3.05) is 25.5 Å². The summed E-state index contributed by atoms with van der Waals surface area (Å²) in [4.78, 5) is 19.9. The van der Waals surface area contributed by atoms with Crippen LogP contribution in [0, 0.1) is 0 Å². The predicted octanol–water partition coefficient (Wildman–Crippen LogP) is 5.81. The van der Waals surface area contributed by atoms with E-state index in [1.807, 2.05) is 18.0 Å². The lowest BCUT2D eigenvalue weighted by atomic mass is 9.88. The second-order valence-corrected chi connectivity index (χ2v) is 9.02. The molecule has 0 fully saturated rings. The van der Waals surface area contributed by atoms with Crippen LogP contribution in [0.1, 0.15) is 45.1 Å². The summed E-state index contributed by atoms with van der Waals surface area (Å²) in [7, 11) is 3.99. The van der Waals surface area contributed by atoms with Crippen LogP contribution in [0.3, 0.4) is 0 Å². The van der Waals surface area contributed by atoms with Gasteiger partial charge in [0.1, 0.15) is 0 Å². The molecule has 0 spiro atoms. The molecule has 0 radical (unpaired) electrons. The molecule has 0 saturated carbocycles. The molecule has 2 aromatic carbocycles. The monoisotopic (exact) mass is 483 g/mol. The number of pyridine rings is 1. The Morgan fingerprint density at radius 3 is 2.54 bits per heavy atom. The van der Waals surface area contributed by atoms with Crippen LogP contribution in [0.15, 0.2) is 60.9 Å². The fraction of sp³-hybridized carbons (Fsp3) is 0.333. The van der Waals surface area contributed by atoms with E-state index < -0.39 is 18.6 Å². The van der Waals surface area contributed by atoms with Gasteiger partial charge in [0.25, 0.3) is 0 Å². The minimum Gasteiger partial charge on any atom is -0.478 e. The number of fused-ring (bicyclic) bond motifs is 1. The van der Waals surface area contributed by atoms with E-state index in [2.05, 4.69) is 29.1 Å². The van der Waals surface area contributed by atoms with Gasteiger partial charge in [0, 0.05) is 43.4 Å². The number of aromatic nitrogens is 1. The molecule has 0 bridgehead atoms. The largest absolute Gasteiger partial charge is 0.478 e. The van der Waals surface area contributed by atoms with Crippen molar-refractivity contribution in [3.8, 4) is 0 Å². The highest BCUT2D eigenvalue weighted by Crippen LogP contribution is 2.36. The summed E-state index contributed by atoms with van der Waals surface area (Å²) in [6.07, 6.45) is 0.241. The number of benzene rings is 2. The average Bonchev–Trinajstić information content (AvgIpc) is 2.82. The lowest BCUT2D eigenvalue weighted by molar-refractivity contribution is -0.127. The number of anilines is 2. The number of carboxylic acid groups (broad SMARTS) is 1. The molecule has 35 heavy (non-hydrogen) atoms. The third-order valence-electron chi connectivity index (χ3n) is 6.69. The van der Waals surface area contributed by atoms with E-state index in [9.17, 15) is 23.1 Å². The van der Waals surface area contributed by atoms with Crippen LogP contribution in [-0.2, 0) is 19.3 Å². The summed E-state index contributed by atoms with van der Waals surface area (Å²) in [6.45, 7) is 0.885. The van der Waals surface area contributed by atoms with Gasteiger partial charge >= 0.3 is 12.1 Å². The van der Waals surface area contributed by atoms with Gasteiger partial charge in [0.15, 0.2) is 0 Å². The third kappa shape index (κ3) is 5.82. The maximum Gasteiger partial charge on any atom is 0.393 e. The second-order valence-electron chi connectivity index (χ2n) is 9.02. The number of aromatic carboxylic acids is 1. The topological polar surface area (TPSA) is 56.7 Å². The van der Waals surface area contributed by atoms with Crippen molar-refractivity contribution in [3.63, 3.8) is 0 Å². The van der Waals surface area contributed by atoms with Gasteiger partial charge in [0.05, 0.1) is 12.0 Å². The molecule has 8 heteroatoms. The Kier molecular flexibility index (Phi) is 7.12. The number of halogens is 3. The molecule has 5 nitrogen and oxygen atoms in total. The SMILES string of the molecule is CN(c1ccc(CC(F)(F)F)cc1)c1ccc2c(c1)CCN(C)[C@@H]2CCc1cnccc1C(=O)O. The Bertz CT molecular complexity index is 1200. The highest BCUT2D eigenvalue weighted by atomic mass is 19.4. The minimum absolute atomic E-state index is 0.154. The van der Waals surface area contributed by atoms with Crippen molar-refractivity contribution in [2.45, 2.75) is 37.9 Å². The van der Waals surface area contributed by atoms with Crippen LogP contribution in [0.25, 0.3) is 0 Å². The Balaban J connectivity index is 1.51. The first-order valence-corrected chi connectivity index (χ1v) is 11.5. The van der Waals surface area contributed by atoms with Crippen molar-refractivity contribution in [1.29, 1.82) is 0 Å². The van der Waals surface area contributed by atoms with Crippen LogP contribution in [0.5, 0.6) is 0 Å². The summed E-state index contributed by atoms with van der Waals surface area (Å²) in [5.41, 5.74) is 5.50. The van der Waals surface area contributed by atoms with Gasteiger partial charge in [-0.1, -0.05) is 18.2 Å². The molecule has 3 aromatic rings. The normalized spacial score (nSPS) is 16.1. The molecular weight excluding hydrogens is 455 g/mol. The first-order valence-electron chi connectivity index (χ1n) is 11.5. The fourth-order valence-electron chi connectivity index (χ4n) is 4.75. The molecule has 1 atom stereocenters. The number of likely N-dealkylation sites (N-methyl/N-ethyl adjacent to an activating group) is 1. The van der Waals surface area contributed by atoms with Gasteiger partial charge in [-0.25, -0.2) is 4.79 Å². The lowest BCUT2D eigenvalue weighted by Gasteiger charge is -2.35. The first-order chi connectivity index (χ1) is 16.6. The number of nitrogens with zero attached hydrogens (tertiary/aromatic N) is 3. The zero-order chi connectivity index (χ0) is 25.2. The molecule has 1 aliphatic rings. The molecule has 184 valence electrons. The van der Waals surface area contributed by atoms with Crippen LogP contribution in [0.2, 0.25) is 0 Å². The van der Waals surface area contributed by atoms with Gasteiger partial charge in [-0.05, 0) is 78.9 Å². The Morgan fingerprint density at radius 2 is 1.86 bits per heavy atom. The number of carbonyl (C=O) groups is 1. The number of aryl methyl sites for hydroxylation is 1. The van der Waals surface area contributed by atoms with Crippen molar-refractivity contribution in [3.05, 3.63) is 88.7 Å². The van der Waals surface area contributed by atoms with Gasteiger partial charge in [0.2, 0.25) is 0 Å². The van der Waals surface area contributed by atoms with E-state index in [0.29, 0.717) is 6.42 Å². The predicted molar refractivity (Wildman–Crippen MR) is 129 cm³/mol. The Labute approximate surface area is 202 Å². The van der Waals surface area contributed by atoms with Crippen molar-refractivity contribution < 1.29 is 23.1 Å². The smallest absolute Gasteiger partial charge is 0.393 e. The molecule has 0 unspecified atom stereocenters. The molecule has 2 heterocycles. The lowest BCUT2D eigenvalue weighted by Crippen LogP contribution is -2.32. The molecule has 1 aromatic heterocycles. The number of rotatable bonds is 7. The zero-order valence-electron chi connectivity index (χ0n) is 19.7. The molecule has 0 aliphatic carbocycles. The number of carboxylic acids is 1. The Morgan fingerprint density at radius 1 is 1.14 bits per heavy atom. The molecule has 0 saturated heterocycles. The summed E-state index contributed by atoms with van der Waals surface area (Å²) < 4.78 is 37.9. The van der Waals surface area contributed by atoms with E-state index in [4.69, 9.17) is 0 Å². The van der Waals surface area contributed by atoms with Crippen LogP contribution < -0.4 is 4.90 Å². The molecule has 1 N–H and O–H groups in total. The fourth-order valence-corrected chi connectivity index (χ4v) is 4.75. The van der Waals surface area contributed by atoms with E-state index in [1.54, 1.807) is 18.3 Å². The van der Waals surface area contributed by atoms with Crippen LogP contribution in [-0.4, -0.2) is 47.8 Å². The minimum atomic E-state index is -4.22. The summed E-state index contributed by atoms with van der Waals surface area (Å²) in [6, 6.07) is 14.4. The maximum absolute atomic E-state index is 12.6. The number of hydrogen-bond donors (Lipinski definition) is 1. The van der Waals surface area contributed by atoms with Crippen molar-refractivity contribution in [1.82, 2.24) is 9.88 Å². The third-order valence-corrected chi connectivity index (χ3v) is 6.69. The van der Waals surface area contributed by atoms with Crippen LogP contribution in [0.4, 0.5) is 24.5 Å². The van der Waals surface area contributed by atoms with Gasteiger partial charge in [-0.2, -0.15) is 13.2 Å². The maximum atomic E-state index is 12.6. The number of hydrogen-bond acceptors (Lipinski definition) is 4. The summed E-state index contributed by atoms with van der Waals surface area (Å²) >= 11 is 0. The molecule has 0 amide bonds. The van der Waals surface area contributed by atoms with E-state index in [1.165, 1.54) is 35.5 Å². The Hall–Kier alpha value is -3.39. The summed E-state index contributed by atoms with van der Waals surface area (Å²) in [5.74, 6) is -0.945. The van der Waals surface area contributed by atoms with Gasteiger partial charge in [-0.15, -0.1) is 0 Å². The first kappa shape index (κ1) is 24.7. The summed E-state index contributed by atoms with van der Waals surface area (Å²) in [5, 5.41) is 9.46. The van der Waals surface area contributed by atoms with Crippen molar-refractivity contribution in [2.24, 2.45) is 0 Å². The van der Waals surface area contributed by atoms with Crippen molar-refractivity contribution >= 4 is 17.3 Å². The molecular formula is C27H28F3N3O2. The van der Waals surface area contributed by atoms with E-state index in [0.717, 1.165) is 36.3 Å². The van der Waals surface area contributed by atoms with E-state index in [-0.39, 0.29) is 17.2 Å². The van der Waals surface area contributed by atoms with Crippen LogP contribution >= 0.6 is 0 Å². The van der Waals surface area contributed by atoms with Gasteiger partial charge < -0.3 is 10.0 Å². The highest BCUT2D eigenvalue weighted by molar-refractivity contribution is 5.89. The van der Waals surface area contributed by atoms with E-state index >= 15 is 0 Å². The average molecular weight is 484 g/mol. The van der Waals surface area contributed by atoms with Gasteiger partial charge in [-0.3, -0.25) is 9.88 Å². The molecule has 1 aliphatic heterocycles. The second kappa shape index (κ2) is 10.1. The zero-order valence-corrected chi connectivity index (χ0v) is 19.7. The number of alkyl halides is 3. The quantitative estimate of drug-likeness (QED) is 0.459. The standard InChI is InChI=1S/C27H28F3N3O2/c1-32-14-12-19-15-22(33(2)21-6-3-18(4-7-21)16-27(28,29)30)8-9-23(19)25(32)10-5-20-17-31-13-11-24(20)26(34)35/h3-4,6-9,11,13,15,17,25H,5,10,12,14,16H2,1-2H3,(H,34,35)/t25-/m1/s1. The molecule has 4 rings (SSSR count). The highest BCUT2D eigenvalue weighted by Gasteiger charge is 2.28.